The molecule has 2 amide bonds. The summed E-state index contributed by atoms with van der Waals surface area (Å²) in [6.45, 7) is 7.86. The van der Waals surface area contributed by atoms with Crippen LogP contribution in [0.25, 0.3) is 0 Å². The first kappa shape index (κ1) is 22.3. The normalized spacial score (nSPS) is 11.7. The van der Waals surface area contributed by atoms with Crippen LogP contribution in [0.3, 0.4) is 0 Å². The van der Waals surface area contributed by atoms with Gasteiger partial charge in [0.25, 0.3) is 5.91 Å². The number of ether oxygens (including phenoxy) is 2. The highest BCUT2D eigenvalue weighted by atomic mass is 16.5. The predicted octanol–water partition coefficient (Wildman–Crippen LogP) is 4.82. The molecule has 156 valence electrons. The second-order valence-electron chi connectivity index (χ2n) is 7.27. The van der Waals surface area contributed by atoms with Crippen molar-refractivity contribution in [3.63, 3.8) is 0 Å². The molecule has 6 nitrogen and oxygen atoms in total. The summed E-state index contributed by atoms with van der Waals surface area (Å²) < 4.78 is 10.9. The molecule has 29 heavy (non-hydrogen) atoms. The molecule has 1 unspecified atom stereocenters. The maximum absolute atomic E-state index is 12.2. The highest BCUT2D eigenvalue weighted by Crippen LogP contribution is 2.28. The quantitative estimate of drug-likeness (QED) is 0.635. The van der Waals surface area contributed by atoms with Crippen molar-refractivity contribution in [1.29, 1.82) is 0 Å². The fourth-order valence-corrected chi connectivity index (χ4v) is 2.62. The Labute approximate surface area is 172 Å². The summed E-state index contributed by atoms with van der Waals surface area (Å²) >= 11 is 0. The summed E-state index contributed by atoms with van der Waals surface area (Å²) in [5, 5.41) is 5.58. The molecule has 0 heterocycles. The van der Waals surface area contributed by atoms with E-state index in [0.717, 1.165) is 6.42 Å². The van der Waals surface area contributed by atoms with E-state index < -0.39 is 0 Å². The van der Waals surface area contributed by atoms with Gasteiger partial charge in [-0.2, -0.15) is 0 Å². The van der Waals surface area contributed by atoms with Crippen LogP contribution in [0.1, 0.15) is 45.6 Å². The number of benzene rings is 2. The van der Waals surface area contributed by atoms with Crippen molar-refractivity contribution in [3.05, 3.63) is 48.0 Å². The Balaban J connectivity index is 1.93. The van der Waals surface area contributed by atoms with E-state index in [1.54, 1.807) is 18.2 Å². The third kappa shape index (κ3) is 6.52. The fourth-order valence-electron chi connectivity index (χ4n) is 2.62. The van der Waals surface area contributed by atoms with Gasteiger partial charge in [0.15, 0.2) is 6.61 Å². The molecule has 0 bridgehead atoms. The lowest BCUT2D eigenvalue weighted by molar-refractivity contribution is -0.119. The first-order valence-electron chi connectivity index (χ1n) is 9.85. The average Bonchev–Trinajstić information content (AvgIpc) is 2.72. The van der Waals surface area contributed by atoms with Crippen LogP contribution in [-0.4, -0.2) is 25.5 Å². The molecule has 2 aromatic carbocycles. The minimum atomic E-state index is -0.281. The lowest BCUT2D eigenvalue weighted by Gasteiger charge is -2.14. The second-order valence-corrected chi connectivity index (χ2v) is 7.27. The highest BCUT2D eigenvalue weighted by molar-refractivity contribution is 5.95. The fraction of sp³-hybridized carbons (Fsp3) is 0.391. The van der Waals surface area contributed by atoms with Crippen LogP contribution in [0.5, 0.6) is 11.5 Å². The molecule has 2 rings (SSSR count). The molecule has 0 spiro atoms. The molecule has 0 aliphatic rings. The molecule has 0 aliphatic heterocycles. The number of rotatable bonds is 9. The van der Waals surface area contributed by atoms with Crippen LogP contribution in [0.15, 0.2) is 42.5 Å². The molecule has 0 aromatic heterocycles. The zero-order valence-electron chi connectivity index (χ0n) is 17.7. The summed E-state index contributed by atoms with van der Waals surface area (Å²) in [7, 11) is 1.51. The van der Waals surface area contributed by atoms with E-state index in [0.29, 0.717) is 28.8 Å². The van der Waals surface area contributed by atoms with Crippen LogP contribution in [0.4, 0.5) is 11.4 Å². The Morgan fingerprint density at radius 2 is 1.69 bits per heavy atom. The van der Waals surface area contributed by atoms with Gasteiger partial charge in [-0.15, -0.1) is 0 Å². The Hall–Kier alpha value is -3.02. The molecular weight excluding hydrogens is 368 g/mol. The van der Waals surface area contributed by atoms with E-state index in [1.165, 1.54) is 12.7 Å². The molecule has 2 N–H and O–H groups in total. The standard InChI is InChI=1S/C23H30N2O4/c1-6-16(4)17-7-10-19(11-8-17)29-14-22(26)24-18-9-12-20(21(13-18)28-5)25-23(27)15(2)3/h7-13,15-16H,6,14H2,1-5H3,(H,24,26)(H,25,27). The highest BCUT2D eigenvalue weighted by Gasteiger charge is 2.12. The minimum Gasteiger partial charge on any atom is -0.494 e. The molecule has 1 atom stereocenters. The van der Waals surface area contributed by atoms with E-state index in [1.807, 2.05) is 38.1 Å². The van der Waals surface area contributed by atoms with Gasteiger partial charge in [0.2, 0.25) is 5.91 Å². The van der Waals surface area contributed by atoms with Gasteiger partial charge >= 0.3 is 0 Å². The summed E-state index contributed by atoms with van der Waals surface area (Å²) in [6, 6.07) is 12.9. The van der Waals surface area contributed by atoms with Crippen LogP contribution in [0, 0.1) is 5.92 Å². The molecular formula is C23H30N2O4. The summed E-state index contributed by atoms with van der Waals surface area (Å²) in [6.07, 6.45) is 1.08. The largest absolute Gasteiger partial charge is 0.494 e. The predicted molar refractivity (Wildman–Crippen MR) is 116 cm³/mol. The number of carbonyl (C=O) groups excluding carboxylic acids is 2. The number of carbonyl (C=O) groups is 2. The van der Waals surface area contributed by atoms with Gasteiger partial charge in [0.1, 0.15) is 11.5 Å². The summed E-state index contributed by atoms with van der Waals surface area (Å²) in [5.74, 6) is 1.09. The molecule has 2 aromatic rings. The van der Waals surface area contributed by atoms with Gasteiger partial charge in [-0.1, -0.05) is 39.8 Å². The zero-order chi connectivity index (χ0) is 21.4. The van der Waals surface area contributed by atoms with E-state index in [-0.39, 0.29) is 24.3 Å². The first-order chi connectivity index (χ1) is 13.8. The van der Waals surface area contributed by atoms with Gasteiger partial charge in [-0.25, -0.2) is 0 Å². The van der Waals surface area contributed by atoms with Crippen molar-refractivity contribution >= 4 is 23.2 Å². The van der Waals surface area contributed by atoms with Gasteiger partial charge in [0, 0.05) is 17.7 Å². The van der Waals surface area contributed by atoms with E-state index in [9.17, 15) is 9.59 Å². The van der Waals surface area contributed by atoms with Crippen molar-refractivity contribution in [2.24, 2.45) is 5.92 Å². The maximum atomic E-state index is 12.2. The van der Waals surface area contributed by atoms with Gasteiger partial charge in [-0.3, -0.25) is 9.59 Å². The zero-order valence-corrected chi connectivity index (χ0v) is 17.7. The first-order valence-corrected chi connectivity index (χ1v) is 9.85. The third-order valence-corrected chi connectivity index (χ3v) is 4.70. The number of nitrogens with one attached hydrogen (secondary N) is 2. The van der Waals surface area contributed by atoms with Gasteiger partial charge in [0.05, 0.1) is 12.8 Å². The Morgan fingerprint density at radius 1 is 1.00 bits per heavy atom. The molecule has 0 aliphatic carbocycles. The Bertz CT molecular complexity index is 831. The number of methoxy groups -OCH3 is 1. The van der Waals surface area contributed by atoms with E-state index >= 15 is 0 Å². The van der Waals surface area contributed by atoms with Gasteiger partial charge in [-0.05, 0) is 42.2 Å². The Kier molecular flexibility index (Phi) is 8.07. The SMILES string of the molecule is CCC(C)c1ccc(OCC(=O)Nc2ccc(NC(=O)C(C)C)c(OC)c2)cc1. The molecule has 0 radical (unpaired) electrons. The Morgan fingerprint density at radius 3 is 2.28 bits per heavy atom. The minimum absolute atomic E-state index is 0.100. The number of amides is 2. The molecule has 0 saturated heterocycles. The summed E-state index contributed by atoms with van der Waals surface area (Å²) in [4.78, 5) is 24.1. The van der Waals surface area contributed by atoms with E-state index in [2.05, 4.69) is 24.5 Å². The lowest BCUT2D eigenvalue weighted by Crippen LogP contribution is -2.20. The van der Waals surface area contributed by atoms with Crippen molar-refractivity contribution in [2.45, 2.75) is 40.0 Å². The maximum Gasteiger partial charge on any atom is 0.262 e. The number of hydrogen-bond donors (Lipinski definition) is 2. The van der Waals surface area contributed by atoms with Crippen molar-refractivity contribution in [3.8, 4) is 11.5 Å². The monoisotopic (exact) mass is 398 g/mol. The second kappa shape index (κ2) is 10.5. The van der Waals surface area contributed by atoms with Crippen LogP contribution < -0.4 is 20.1 Å². The number of anilines is 2. The van der Waals surface area contributed by atoms with E-state index in [4.69, 9.17) is 9.47 Å². The molecule has 6 heteroatoms. The lowest BCUT2D eigenvalue weighted by atomic mass is 9.99. The average molecular weight is 399 g/mol. The van der Waals surface area contributed by atoms with Crippen LogP contribution in [0.2, 0.25) is 0 Å². The van der Waals surface area contributed by atoms with Crippen molar-refractivity contribution in [2.75, 3.05) is 24.4 Å². The summed E-state index contributed by atoms with van der Waals surface area (Å²) in [5.41, 5.74) is 2.37. The van der Waals surface area contributed by atoms with Gasteiger partial charge < -0.3 is 20.1 Å². The van der Waals surface area contributed by atoms with Crippen LogP contribution >= 0.6 is 0 Å². The molecule has 0 saturated carbocycles. The van der Waals surface area contributed by atoms with Crippen LogP contribution in [-0.2, 0) is 9.59 Å². The third-order valence-electron chi connectivity index (χ3n) is 4.70. The van der Waals surface area contributed by atoms with Crippen molar-refractivity contribution < 1.29 is 19.1 Å². The van der Waals surface area contributed by atoms with Crippen molar-refractivity contribution in [1.82, 2.24) is 0 Å². The number of hydrogen-bond acceptors (Lipinski definition) is 4. The molecule has 0 fully saturated rings. The smallest absolute Gasteiger partial charge is 0.262 e. The topological polar surface area (TPSA) is 76.7 Å².